The molecule has 1 N–H and O–H groups in total. The van der Waals surface area contributed by atoms with Crippen molar-refractivity contribution in [2.45, 2.75) is 23.2 Å². The molecule has 2 aromatic carbocycles. The molecule has 7 heteroatoms. The smallest absolute Gasteiger partial charge is 0.303 e. The van der Waals surface area contributed by atoms with Gasteiger partial charge in [-0.25, -0.2) is 0 Å². The van der Waals surface area contributed by atoms with Crippen LogP contribution in [0.2, 0.25) is 0 Å². The fraction of sp³-hybridized carbons (Fsp3) is 0.333. The highest BCUT2D eigenvalue weighted by molar-refractivity contribution is 7.99. The van der Waals surface area contributed by atoms with Gasteiger partial charge in [-0.1, -0.05) is 24.3 Å². The van der Waals surface area contributed by atoms with Crippen LogP contribution in [-0.2, 0) is 14.3 Å². The molecule has 1 aliphatic heterocycles. The zero-order chi connectivity index (χ0) is 20.1. The minimum atomic E-state index is -0.917. The predicted octanol–water partition coefficient (Wildman–Crippen LogP) is 3.03. The second-order valence-electron chi connectivity index (χ2n) is 6.40. The number of hydrogen-bond acceptors (Lipinski definition) is 6. The Balaban J connectivity index is 2.07. The van der Waals surface area contributed by atoms with Crippen molar-refractivity contribution in [3.63, 3.8) is 0 Å². The van der Waals surface area contributed by atoms with Crippen molar-refractivity contribution in [2.24, 2.45) is 0 Å². The highest BCUT2D eigenvalue weighted by Gasteiger charge is 2.40. The van der Waals surface area contributed by atoms with Crippen LogP contribution >= 0.6 is 11.8 Å². The number of likely N-dealkylation sites (N-methyl/N-ethyl adjacent to an activating group) is 1. The number of benzene rings is 2. The lowest BCUT2D eigenvalue weighted by Gasteiger charge is -2.27. The molecule has 28 heavy (non-hydrogen) atoms. The van der Waals surface area contributed by atoms with Gasteiger partial charge in [0.1, 0.15) is 5.75 Å². The van der Waals surface area contributed by atoms with Crippen molar-refractivity contribution in [1.29, 1.82) is 0 Å². The number of amides is 1. The normalized spacial score (nSPS) is 19.0. The lowest BCUT2D eigenvalue weighted by Crippen LogP contribution is -2.45. The minimum absolute atomic E-state index is 0.219. The molecule has 0 aromatic heterocycles. The third-order valence-corrected chi connectivity index (χ3v) is 5.89. The van der Waals surface area contributed by atoms with Crippen LogP contribution in [0.15, 0.2) is 53.4 Å². The Labute approximate surface area is 169 Å². The molecule has 6 nitrogen and oxygen atoms in total. The molecule has 0 spiro atoms. The van der Waals surface area contributed by atoms with Crippen molar-refractivity contribution in [3.8, 4) is 5.75 Å². The molecule has 0 bridgehead atoms. The Kier molecular flexibility index (Phi) is 6.59. The molecule has 1 heterocycles. The van der Waals surface area contributed by atoms with E-state index < -0.39 is 12.1 Å². The van der Waals surface area contributed by atoms with Crippen LogP contribution < -0.4 is 15.0 Å². The zero-order valence-electron chi connectivity index (χ0n) is 16.2. The Bertz CT molecular complexity index is 841. The minimum Gasteiger partial charge on any atom is -0.497 e. The van der Waals surface area contributed by atoms with E-state index in [-0.39, 0.29) is 11.2 Å². The number of para-hydroxylation sites is 1. The molecule has 2 aromatic rings. The first kappa shape index (κ1) is 20.2. The van der Waals surface area contributed by atoms with Crippen LogP contribution in [-0.4, -0.2) is 45.2 Å². The first-order valence-corrected chi connectivity index (χ1v) is 9.96. The van der Waals surface area contributed by atoms with Crippen LogP contribution in [0.5, 0.6) is 5.75 Å². The number of carbonyl (C=O) groups is 2. The maximum absolute atomic E-state index is 13.4. The second-order valence-corrected chi connectivity index (χ2v) is 7.59. The summed E-state index contributed by atoms with van der Waals surface area (Å²) in [4.78, 5) is 27.9. The van der Waals surface area contributed by atoms with E-state index in [4.69, 9.17) is 9.47 Å². The largest absolute Gasteiger partial charge is 0.497 e. The van der Waals surface area contributed by atoms with Crippen LogP contribution in [0.25, 0.3) is 0 Å². The van der Waals surface area contributed by atoms with Gasteiger partial charge in [-0.3, -0.25) is 9.59 Å². The second kappa shape index (κ2) is 9.12. The number of ether oxygens (including phenoxy) is 2. The number of rotatable bonds is 6. The van der Waals surface area contributed by atoms with E-state index in [2.05, 4.69) is 5.32 Å². The first-order valence-electron chi connectivity index (χ1n) is 9.08. The summed E-state index contributed by atoms with van der Waals surface area (Å²) in [5.41, 5.74) is 1.73. The number of methoxy groups -OCH3 is 1. The van der Waals surface area contributed by atoms with Gasteiger partial charge in [0.05, 0.1) is 18.0 Å². The van der Waals surface area contributed by atoms with Crippen LogP contribution in [0.3, 0.4) is 0 Å². The van der Waals surface area contributed by atoms with Gasteiger partial charge in [-0.05, 0) is 36.9 Å². The van der Waals surface area contributed by atoms with Crippen molar-refractivity contribution in [1.82, 2.24) is 5.32 Å². The van der Waals surface area contributed by atoms with E-state index in [1.54, 1.807) is 12.0 Å². The van der Waals surface area contributed by atoms with Gasteiger partial charge in [0, 0.05) is 24.9 Å². The monoisotopic (exact) mass is 400 g/mol. The van der Waals surface area contributed by atoms with E-state index in [1.165, 1.54) is 18.7 Å². The number of nitrogens with zero attached hydrogens (tertiary/aromatic N) is 1. The van der Waals surface area contributed by atoms with Gasteiger partial charge in [0.2, 0.25) is 0 Å². The van der Waals surface area contributed by atoms with Crippen molar-refractivity contribution >= 4 is 29.3 Å². The molecule has 0 fully saturated rings. The molecular weight excluding hydrogens is 376 g/mol. The number of fused-ring (bicyclic) bond motifs is 1. The standard InChI is InChI=1S/C21H24N2O4S/c1-14(24)27-19-20(15-8-10-16(26-3)11-9-15)28-18-7-5-4-6-17(18)23(21(19)25)13-12-22-2/h4-11,19-20,22H,12-13H2,1-3H3/t19-,20?/m1/s1. The Hall–Kier alpha value is -2.51. The molecule has 0 saturated heterocycles. The number of carbonyl (C=O) groups excluding carboxylic acids is 2. The van der Waals surface area contributed by atoms with Gasteiger partial charge in [0.15, 0.2) is 6.10 Å². The fourth-order valence-electron chi connectivity index (χ4n) is 3.16. The van der Waals surface area contributed by atoms with Crippen LogP contribution in [0.4, 0.5) is 5.69 Å². The van der Waals surface area contributed by atoms with Gasteiger partial charge in [0.25, 0.3) is 5.91 Å². The lowest BCUT2D eigenvalue weighted by molar-refractivity contribution is -0.152. The fourth-order valence-corrected chi connectivity index (χ4v) is 4.48. The molecule has 148 valence electrons. The van der Waals surface area contributed by atoms with Crippen LogP contribution in [0.1, 0.15) is 17.7 Å². The highest BCUT2D eigenvalue weighted by Crippen LogP contribution is 2.46. The lowest BCUT2D eigenvalue weighted by atomic mass is 10.1. The Morgan fingerprint density at radius 1 is 1.18 bits per heavy atom. The topological polar surface area (TPSA) is 67.9 Å². The zero-order valence-corrected chi connectivity index (χ0v) is 17.0. The quantitative estimate of drug-likeness (QED) is 0.752. The summed E-state index contributed by atoms with van der Waals surface area (Å²) >= 11 is 1.53. The van der Waals surface area contributed by atoms with Crippen LogP contribution in [0, 0.1) is 0 Å². The number of hydrogen-bond donors (Lipinski definition) is 1. The van der Waals surface area contributed by atoms with Gasteiger partial charge >= 0.3 is 5.97 Å². The van der Waals surface area contributed by atoms with E-state index in [9.17, 15) is 9.59 Å². The maximum atomic E-state index is 13.4. The van der Waals surface area contributed by atoms with Gasteiger partial charge in [-0.2, -0.15) is 0 Å². The summed E-state index contributed by atoms with van der Waals surface area (Å²) in [6.07, 6.45) is -0.917. The summed E-state index contributed by atoms with van der Waals surface area (Å²) < 4.78 is 10.8. The number of nitrogens with one attached hydrogen (secondary N) is 1. The molecule has 3 rings (SSSR count). The maximum Gasteiger partial charge on any atom is 0.303 e. The average Bonchev–Trinajstić information content (AvgIpc) is 2.81. The summed E-state index contributed by atoms with van der Waals surface area (Å²) in [6.45, 7) is 2.45. The van der Waals surface area contributed by atoms with E-state index in [1.807, 2.05) is 55.6 Å². The first-order chi connectivity index (χ1) is 13.5. The van der Waals surface area contributed by atoms with E-state index in [0.29, 0.717) is 13.1 Å². The molecule has 1 unspecified atom stereocenters. The SMILES string of the molecule is CNCCN1C(=O)[C@H](OC(C)=O)C(c2ccc(OC)cc2)Sc2ccccc21. The molecule has 0 aliphatic carbocycles. The van der Waals surface area contributed by atoms with Crippen molar-refractivity contribution < 1.29 is 19.1 Å². The number of esters is 1. The van der Waals surface area contributed by atoms with E-state index >= 15 is 0 Å². The molecule has 0 saturated carbocycles. The molecule has 0 radical (unpaired) electrons. The van der Waals surface area contributed by atoms with E-state index in [0.717, 1.165) is 21.9 Å². The number of thioether (sulfide) groups is 1. The molecule has 2 atom stereocenters. The van der Waals surface area contributed by atoms with Gasteiger partial charge < -0.3 is 19.7 Å². The highest BCUT2D eigenvalue weighted by atomic mass is 32.2. The summed E-state index contributed by atoms with van der Waals surface area (Å²) in [5.74, 6) is 0.0366. The summed E-state index contributed by atoms with van der Waals surface area (Å²) in [7, 11) is 3.45. The Morgan fingerprint density at radius 3 is 2.54 bits per heavy atom. The average molecular weight is 401 g/mol. The van der Waals surface area contributed by atoms with Crippen molar-refractivity contribution in [2.75, 3.05) is 32.1 Å². The summed E-state index contributed by atoms with van der Waals surface area (Å²) in [6, 6.07) is 15.3. The predicted molar refractivity (Wildman–Crippen MR) is 110 cm³/mol. The molecule has 1 aliphatic rings. The number of anilines is 1. The Morgan fingerprint density at radius 2 is 1.89 bits per heavy atom. The molecule has 1 amide bonds. The molecular formula is C21H24N2O4S. The van der Waals surface area contributed by atoms with Gasteiger partial charge in [-0.15, -0.1) is 11.8 Å². The van der Waals surface area contributed by atoms with Crippen molar-refractivity contribution in [3.05, 3.63) is 54.1 Å². The third-order valence-electron chi connectivity index (χ3n) is 4.52. The summed E-state index contributed by atoms with van der Waals surface area (Å²) in [5, 5.41) is 2.72. The third kappa shape index (κ3) is 4.31.